The molecule has 150 valence electrons. The molecule has 1 fully saturated rings. The number of nitrogens with one attached hydrogen (secondary N) is 1. The summed E-state index contributed by atoms with van der Waals surface area (Å²) < 4.78 is 10.6. The van der Waals surface area contributed by atoms with E-state index >= 15 is 0 Å². The molecule has 0 spiro atoms. The first-order valence-electron chi connectivity index (χ1n) is 9.91. The van der Waals surface area contributed by atoms with Crippen molar-refractivity contribution in [1.82, 2.24) is 10.2 Å². The number of likely N-dealkylation sites (tertiary alicyclic amines) is 1. The zero-order valence-corrected chi connectivity index (χ0v) is 17.0. The highest BCUT2D eigenvalue weighted by Gasteiger charge is 2.25. The number of hydrogen-bond donors (Lipinski definition) is 1. The maximum Gasteiger partial charge on any atom is 0.255 e. The molecule has 1 saturated heterocycles. The Hall–Kier alpha value is -2.53. The predicted octanol–water partition coefficient (Wildman–Crippen LogP) is 3.91. The second kappa shape index (κ2) is 9.60. The van der Waals surface area contributed by atoms with Gasteiger partial charge in [-0.15, -0.1) is 0 Å². The minimum absolute atomic E-state index is 0.110. The number of piperidine rings is 1. The van der Waals surface area contributed by atoms with Gasteiger partial charge >= 0.3 is 0 Å². The molecule has 5 nitrogen and oxygen atoms in total. The lowest BCUT2D eigenvalue weighted by Crippen LogP contribution is -2.42. The standard InChI is InChI=1S/C23H30N2O3/c1-17-12-14-25(15-13-17)21(18-8-10-19(27-2)11-9-18)16-24-23(26)20-6-4-5-7-22(20)28-3/h4-11,17,21H,12-16H2,1-3H3,(H,24,26). The van der Waals surface area contributed by atoms with Crippen molar-refractivity contribution in [2.45, 2.75) is 25.8 Å². The van der Waals surface area contributed by atoms with Crippen molar-refractivity contribution in [1.29, 1.82) is 0 Å². The van der Waals surface area contributed by atoms with Crippen molar-refractivity contribution >= 4 is 5.91 Å². The van der Waals surface area contributed by atoms with E-state index in [-0.39, 0.29) is 11.9 Å². The number of methoxy groups -OCH3 is 2. The average Bonchev–Trinajstić information content (AvgIpc) is 2.75. The van der Waals surface area contributed by atoms with Crippen molar-refractivity contribution in [3.8, 4) is 11.5 Å². The van der Waals surface area contributed by atoms with E-state index in [0.29, 0.717) is 17.9 Å². The number of hydrogen-bond acceptors (Lipinski definition) is 4. The topological polar surface area (TPSA) is 50.8 Å². The van der Waals surface area contributed by atoms with Crippen LogP contribution >= 0.6 is 0 Å². The van der Waals surface area contributed by atoms with Gasteiger partial charge in [0.25, 0.3) is 5.91 Å². The Morgan fingerprint density at radius 2 is 1.75 bits per heavy atom. The molecular formula is C23H30N2O3. The Morgan fingerprint density at radius 3 is 2.39 bits per heavy atom. The van der Waals surface area contributed by atoms with Crippen LogP contribution in [-0.4, -0.2) is 44.7 Å². The molecule has 0 aliphatic carbocycles. The Kier molecular flexibility index (Phi) is 6.93. The first kappa shape index (κ1) is 20.2. The van der Waals surface area contributed by atoms with Gasteiger partial charge in [0.05, 0.1) is 25.8 Å². The third-order valence-corrected chi connectivity index (χ3v) is 5.57. The molecule has 1 N–H and O–H groups in total. The fourth-order valence-corrected chi connectivity index (χ4v) is 3.74. The lowest BCUT2D eigenvalue weighted by molar-refractivity contribution is 0.0910. The molecule has 1 aliphatic rings. The highest BCUT2D eigenvalue weighted by atomic mass is 16.5. The van der Waals surface area contributed by atoms with Gasteiger partial charge in [0.2, 0.25) is 0 Å². The van der Waals surface area contributed by atoms with Gasteiger partial charge < -0.3 is 14.8 Å². The fourth-order valence-electron chi connectivity index (χ4n) is 3.74. The van der Waals surface area contributed by atoms with Gasteiger partial charge in [0.15, 0.2) is 0 Å². The van der Waals surface area contributed by atoms with Crippen LogP contribution in [0.1, 0.15) is 41.7 Å². The number of ether oxygens (including phenoxy) is 2. The van der Waals surface area contributed by atoms with Crippen LogP contribution in [0.2, 0.25) is 0 Å². The van der Waals surface area contributed by atoms with E-state index in [1.807, 2.05) is 30.3 Å². The quantitative estimate of drug-likeness (QED) is 0.789. The number of carbonyl (C=O) groups is 1. The number of carbonyl (C=O) groups excluding carboxylic acids is 1. The van der Waals surface area contributed by atoms with Crippen molar-refractivity contribution < 1.29 is 14.3 Å². The summed E-state index contributed by atoms with van der Waals surface area (Å²) in [5.41, 5.74) is 1.75. The third-order valence-electron chi connectivity index (χ3n) is 5.57. The van der Waals surface area contributed by atoms with Crippen LogP contribution < -0.4 is 14.8 Å². The van der Waals surface area contributed by atoms with Crippen LogP contribution in [0.25, 0.3) is 0 Å². The molecular weight excluding hydrogens is 352 g/mol. The lowest BCUT2D eigenvalue weighted by atomic mass is 9.95. The maximum atomic E-state index is 12.8. The molecule has 1 atom stereocenters. The fraction of sp³-hybridized carbons (Fsp3) is 0.435. The zero-order chi connectivity index (χ0) is 19.9. The Morgan fingerprint density at radius 1 is 1.07 bits per heavy atom. The van der Waals surface area contributed by atoms with Gasteiger partial charge in [-0.3, -0.25) is 9.69 Å². The van der Waals surface area contributed by atoms with Gasteiger partial charge in [0, 0.05) is 6.54 Å². The summed E-state index contributed by atoms with van der Waals surface area (Å²) in [6.07, 6.45) is 2.38. The van der Waals surface area contributed by atoms with E-state index in [9.17, 15) is 4.79 Å². The van der Waals surface area contributed by atoms with Crippen LogP contribution in [0.5, 0.6) is 11.5 Å². The molecule has 2 aromatic rings. The molecule has 1 heterocycles. The number of rotatable bonds is 7. The van der Waals surface area contributed by atoms with Crippen LogP contribution in [0.15, 0.2) is 48.5 Å². The molecule has 0 bridgehead atoms. The van der Waals surface area contributed by atoms with Crippen LogP contribution in [0.4, 0.5) is 0 Å². The van der Waals surface area contributed by atoms with Gasteiger partial charge in [-0.1, -0.05) is 31.2 Å². The van der Waals surface area contributed by atoms with Crippen LogP contribution in [0.3, 0.4) is 0 Å². The van der Waals surface area contributed by atoms with Crippen molar-refractivity contribution in [2.24, 2.45) is 5.92 Å². The van der Waals surface area contributed by atoms with Gasteiger partial charge in [-0.05, 0) is 61.7 Å². The monoisotopic (exact) mass is 382 g/mol. The highest BCUT2D eigenvalue weighted by molar-refractivity contribution is 5.96. The molecule has 2 aromatic carbocycles. The molecule has 3 rings (SSSR count). The van der Waals surface area contributed by atoms with E-state index < -0.39 is 0 Å². The first-order valence-corrected chi connectivity index (χ1v) is 9.91. The molecule has 0 radical (unpaired) electrons. The third kappa shape index (κ3) is 4.84. The van der Waals surface area contributed by atoms with Crippen LogP contribution in [0, 0.1) is 5.92 Å². The van der Waals surface area contributed by atoms with Crippen molar-refractivity contribution in [3.63, 3.8) is 0 Å². The van der Waals surface area contributed by atoms with E-state index in [2.05, 4.69) is 29.3 Å². The highest BCUT2D eigenvalue weighted by Crippen LogP contribution is 2.28. The average molecular weight is 383 g/mol. The predicted molar refractivity (Wildman–Crippen MR) is 111 cm³/mol. The summed E-state index contributed by atoms with van der Waals surface area (Å²) in [6.45, 7) is 4.95. The van der Waals surface area contributed by atoms with Crippen molar-refractivity contribution in [3.05, 3.63) is 59.7 Å². The van der Waals surface area contributed by atoms with E-state index in [4.69, 9.17) is 9.47 Å². The summed E-state index contributed by atoms with van der Waals surface area (Å²) in [5.74, 6) is 2.08. The number of para-hydroxylation sites is 1. The van der Waals surface area contributed by atoms with Crippen LogP contribution in [-0.2, 0) is 0 Å². The Balaban J connectivity index is 1.75. The summed E-state index contributed by atoms with van der Waals surface area (Å²) in [6, 6.07) is 15.6. The van der Waals surface area contributed by atoms with Crippen molar-refractivity contribution in [2.75, 3.05) is 33.9 Å². The Labute approximate surface area is 167 Å². The molecule has 0 aromatic heterocycles. The Bertz CT molecular complexity index is 768. The summed E-state index contributed by atoms with van der Waals surface area (Å²) in [7, 11) is 3.26. The number of nitrogens with zero attached hydrogens (tertiary/aromatic N) is 1. The van der Waals surface area contributed by atoms with Gasteiger partial charge in [-0.25, -0.2) is 0 Å². The van der Waals surface area contributed by atoms with E-state index in [1.165, 1.54) is 18.4 Å². The first-order chi connectivity index (χ1) is 13.6. The minimum atomic E-state index is -0.110. The van der Waals surface area contributed by atoms with Gasteiger partial charge in [-0.2, -0.15) is 0 Å². The molecule has 28 heavy (non-hydrogen) atoms. The summed E-state index contributed by atoms with van der Waals surface area (Å²) >= 11 is 0. The number of amides is 1. The molecule has 1 amide bonds. The van der Waals surface area contributed by atoms with Gasteiger partial charge in [0.1, 0.15) is 11.5 Å². The minimum Gasteiger partial charge on any atom is -0.497 e. The molecule has 1 unspecified atom stereocenters. The second-order valence-corrected chi connectivity index (χ2v) is 7.42. The van der Waals surface area contributed by atoms with E-state index in [0.717, 1.165) is 24.8 Å². The normalized spacial score (nSPS) is 16.4. The largest absolute Gasteiger partial charge is 0.497 e. The summed E-state index contributed by atoms with van der Waals surface area (Å²) in [5, 5.41) is 3.12. The number of benzene rings is 2. The zero-order valence-electron chi connectivity index (χ0n) is 17.0. The lowest BCUT2D eigenvalue weighted by Gasteiger charge is -2.37. The molecule has 1 aliphatic heterocycles. The second-order valence-electron chi connectivity index (χ2n) is 7.42. The summed E-state index contributed by atoms with van der Waals surface area (Å²) in [4.78, 5) is 15.2. The molecule has 5 heteroatoms. The van der Waals surface area contributed by atoms with E-state index in [1.54, 1.807) is 20.3 Å². The maximum absolute atomic E-state index is 12.8. The SMILES string of the molecule is COc1ccc(C(CNC(=O)c2ccccc2OC)N2CCC(C)CC2)cc1. The molecule has 0 saturated carbocycles. The smallest absolute Gasteiger partial charge is 0.255 e.